The summed E-state index contributed by atoms with van der Waals surface area (Å²) in [4.78, 5) is 16.2. The molecule has 0 aromatic carbocycles. The number of ether oxygens (including phenoxy) is 1. The van der Waals surface area contributed by atoms with Gasteiger partial charge in [0.1, 0.15) is 5.56 Å². The van der Waals surface area contributed by atoms with Gasteiger partial charge in [0.25, 0.3) is 5.91 Å². The first-order valence-electron chi connectivity index (χ1n) is 12.2. The summed E-state index contributed by atoms with van der Waals surface area (Å²) in [5.41, 5.74) is 9.12. The molecule has 4 bridgehead atoms. The first kappa shape index (κ1) is 20.7. The summed E-state index contributed by atoms with van der Waals surface area (Å²) in [6.45, 7) is 1.31. The second kappa shape index (κ2) is 9.11. The highest BCUT2D eigenvalue weighted by Gasteiger charge is 2.48. The molecule has 5 fully saturated rings. The van der Waals surface area contributed by atoms with Crippen molar-refractivity contribution in [1.29, 1.82) is 0 Å². The summed E-state index contributed by atoms with van der Waals surface area (Å²) in [6.07, 6.45) is 14.3. The molecule has 31 heavy (non-hydrogen) atoms. The molecule has 0 aliphatic heterocycles. The Morgan fingerprint density at radius 1 is 1.16 bits per heavy atom. The third kappa shape index (κ3) is 4.40. The lowest BCUT2D eigenvalue weighted by Gasteiger charge is -2.54. The molecule has 0 unspecified atom stereocenters. The van der Waals surface area contributed by atoms with Gasteiger partial charge in [-0.15, -0.1) is 0 Å². The molecule has 0 spiro atoms. The number of nitrogens with one attached hydrogen (secondary N) is 1. The lowest BCUT2D eigenvalue weighted by molar-refractivity contribution is -0.0120. The van der Waals surface area contributed by atoms with Crippen molar-refractivity contribution in [2.24, 2.45) is 34.7 Å². The molecule has 1 heterocycles. The van der Waals surface area contributed by atoms with E-state index in [-0.39, 0.29) is 18.5 Å². The molecular formula is C23H34N6O2. The van der Waals surface area contributed by atoms with E-state index in [4.69, 9.17) is 10.3 Å². The summed E-state index contributed by atoms with van der Waals surface area (Å²) in [5, 5.41) is 11.4. The first-order valence-corrected chi connectivity index (χ1v) is 12.2. The Morgan fingerprint density at radius 3 is 2.55 bits per heavy atom. The lowest BCUT2D eigenvalue weighted by atomic mass is 9.54. The van der Waals surface area contributed by atoms with Crippen molar-refractivity contribution in [2.45, 2.75) is 76.8 Å². The standard InChI is InChI=1S/C23H34N6O2/c24-28-25-6-7-29-23(31-14-15-4-2-1-3-5-15)20(13-26-29)22(30)27-21-18-9-16-8-17(11-18)12-19(21)10-16/h13,15-19,21H,1-12,14H2,(H,27,30). The van der Waals surface area contributed by atoms with Crippen LogP contribution in [-0.4, -0.2) is 34.9 Å². The SMILES string of the molecule is [N-]=[N+]=NCCn1ncc(C(=O)NC2C3CC4CC(C3)CC2C4)c1OCC1CCCCC1. The van der Waals surface area contributed by atoms with Crippen LogP contribution in [0.15, 0.2) is 11.3 Å². The zero-order chi connectivity index (χ0) is 21.2. The molecule has 0 saturated heterocycles. The minimum absolute atomic E-state index is 0.0637. The molecule has 5 aliphatic carbocycles. The van der Waals surface area contributed by atoms with Gasteiger partial charge >= 0.3 is 0 Å². The first-order chi connectivity index (χ1) is 15.2. The normalized spacial score (nSPS) is 31.9. The van der Waals surface area contributed by atoms with Gasteiger partial charge in [-0.05, 0) is 80.1 Å². The molecule has 0 atom stereocenters. The smallest absolute Gasteiger partial charge is 0.258 e. The molecule has 8 nitrogen and oxygen atoms in total. The van der Waals surface area contributed by atoms with Gasteiger partial charge in [-0.3, -0.25) is 4.79 Å². The van der Waals surface area contributed by atoms with E-state index in [9.17, 15) is 4.79 Å². The van der Waals surface area contributed by atoms with Crippen molar-refractivity contribution >= 4 is 5.91 Å². The van der Waals surface area contributed by atoms with Gasteiger partial charge in [0.2, 0.25) is 5.88 Å². The van der Waals surface area contributed by atoms with Crippen LogP contribution >= 0.6 is 0 Å². The van der Waals surface area contributed by atoms with Crippen LogP contribution in [-0.2, 0) is 6.54 Å². The Balaban J connectivity index is 1.29. The van der Waals surface area contributed by atoms with Crippen LogP contribution in [0.2, 0.25) is 0 Å². The van der Waals surface area contributed by atoms with Gasteiger partial charge in [-0.2, -0.15) is 5.10 Å². The van der Waals surface area contributed by atoms with E-state index in [2.05, 4.69) is 20.4 Å². The fraction of sp³-hybridized carbons (Fsp3) is 0.826. The van der Waals surface area contributed by atoms with E-state index >= 15 is 0 Å². The van der Waals surface area contributed by atoms with Crippen LogP contribution in [0.1, 0.15) is 74.6 Å². The van der Waals surface area contributed by atoms with Gasteiger partial charge in [-0.1, -0.05) is 24.4 Å². The molecule has 1 aromatic heterocycles. The Morgan fingerprint density at radius 2 is 1.87 bits per heavy atom. The fourth-order valence-electron chi connectivity index (χ4n) is 6.97. The summed E-state index contributed by atoms with van der Waals surface area (Å²) < 4.78 is 7.90. The fourth-order valence-corrected chi connectivity index (χ4v) is 6.97. The summed E-state index contributed by atoms with van der Waals surface area (Å²) in [6, 6.07) is 0.290. The van der Waals surface area contributed by atoms with Gasteiger partial charge in [0.05, 0.1) is 19.3 Å². The number of amides is 1. The Bertz CT molecular complexity index is 811. The minimum Gasteiger partial charge on any atom is -0.477 e. The largest absolute Gasteiger partial charge is 0.477 e. The molecular weight excluding hydrogens is 392 g/mol. The van der Waals surface area contributed by atoms with E-state index in [1.54, 1.807) is 10.9 Å². The zero-order valence-electron chi connectivity index (χ0n) is 18.3. The number of carbonyl (C=O) groups is 1. The topological polar surface area (TPSA) is 105 Å². The van der Waals surface area contributed by atoms with Crippen molar-refractivity contribution in [1.82, 2.24) is 15.1 Å². The van der Waals surface area contributed by atoms with Gasteiger partial charge in [0, 0.05) is 17.5 Å². The van der Waals surface area contributed by atoms with Gasteiger partial charge in [-0.25, -0.2) is 4.68 Å². The van der Waals surface area contributed by atoms with Crippen LogP contribution in [0.4, 0.5) is 0 Å². The number of azide groups is 1. The van der Waals surface area contributed by atoms with Crippen LogP contribution in [0, 0.1) is 29.6 Å². The number of hydrogen-bond donors (Lipinski definition) is 1. The number of rotatable bonds is 8. The van der Waals surface area contributed by atoms with Crippen molar-refractivity contribution in [3.8, 4) is 5.88 Å². The molecule has 8 heteroatoms. The average molecular weight is 427 g/mol. The molecule has 5 aliphatic rings. The van der Waals surface area contributed by atoms with Crippen LogP contribution < -0.4 is 10.1 Å². The highest BCUT2D eigenvalue weighted by Crippen LogP contribution is 2.53. The van der Waals surface area contributed by atoms with E-state index in [0.717, 1.165) is 11.8 Å². The van der Waals surface area contributed by atoms with Crippen LogP contribution in [0.25, 0.3) is 10.4 Å². The Kier molecular flexibility index (Phi) is 6.08. The summed E-state index contributed by atoms with van der Waals surface area (Å²) in [5.74, 6) is 4.03. The van der Waals surface area contributed by atoms with E-state index in [1.807, 2.05) is 0 Å². The Hall–Kier alpha value is -2.21. The molecule has 0 radical (unpaired) electrons. The predicted molar refractivity (Wildman–Crippen MR) is 117 cm³/mol. The molecule has 5 saturated carbocycles. The molecule has 168 valence electrons. The quantitative estimate of drug-likeness (QED) is 0.370. The maximum absolute atomic E-state index is 13.3. The van der Waals surface area contributed by atoms with E-state index < -0.39 is 0 Å². The third-order valence-electron chi connectivity index (χ3n) is 8.22. The molecule has 1 N–H and O–H groups in total. The highest BCUT2D eigenvalue weighted by atomic mass is 16.5. The molecule has 6 rings (SSSR count). The maximum atomic E-state index is 13.3. The average Bonchev–Trinajstić information content (AvgIpc) is 3.18. The Labute approximate surface area is 183 Å². The molecule has 1 amide bonds. The highest BCUT2D eigenvalue weighted by molar-refractivity contribution is 5.96. The third-order valence-corrected chi connectivity index (χ3v) is 8.22. The van der Waals surface area contributed by atoms with Gasteiger partial charge in [0.15, 0.2) is 0 Å². The molecule has 1 aromatic rings. The second-order valence-corrected chi connectivity index (χ2v) is 10.3. The van der Waals surface area contributed by atoms with Crippen molar-refractivity contribution in [2.75, 3.05) is 13.2 Å². The second-order valence-electron chi connectivity index (χ2n) is 10.3. The number of aromatic nitrogens is 2. The van der Waals surface area contributed by atoms with Crippen LogP contribution in [0.5, 0.6) is 5.88 Å². The summed E-state index contributed by atoms with van der Waals surface area (Å²) in [7, 11) is 0. The van der Waals surface area contributed by atoms with Crippen LogP contribution in [0.3, 0.4) is 0 Å². The van der Waals surface area contributed by atoms with Crippen molar-refractivity contribution in [3.05, 3.63) is 22.2 Å². The van der Waals surface area contributed by atoms with Crippen molar-refractivity contribution < 1.29 is 9.53 Å². The lowest BCUT2D eigenvalue weighted by Crippen LogP contribution is -2.55. The van der Waals surface area contributed by atoms with Gasteiger partial charge < -0.3 is 10.1 Å². The number of nitrogens with zero attached hydrogens (tertiary/aromatic N) is 5. The number of hydrogen-bond acceptors (Lipinski definition) is 4. The van der Waals surface area contributed by atoms with Crippen molar-refractivity contribution in [3.63, 3.8) is 0 Å². The number of carbonyl (C=O) groups excluding carboxylic acids is 1. The summed E-state index contributed by atoms with van der Waals surface area (Å²) >= 11 is 0. The minimum atomic E-state index is -0.0637. The monoisotopic (exact) mass is 426 g/mol. The van der Waals surface area contributed by atoms with E-state index in [0.29, 0.717) is 42.3 Å². The zero-order valence-corrected chi connectivity index (χ0v) is 18.3. The predicted octanol–water partition coefficient (Wildman–Crippen LogP) is 4.71. The maximum Gasteiger partial charge on any atom is 0.258 e. The van der Waals surface area contributed by atoms with E-state index in [1.165, 1.54) is 64.2 Å².